The predicted octanol–water partition coefficient (Wildman–Crippen LogP) is 9.79. The molecule has 0 N–H and O–H groups in total. The molecule has 0 radical (unpaired) electrons. The molecule has 196 valence electrons. The van der Waals surface area contributed by atoms with Gasteiger partial charge in [0.1, 0.15) is 11.5 Å². The highest BCUT2D eigenvalue weighted by Gasteiger charge is 2.11. The topological polar surface area (TPSA) is 35.5 Å². The van der Waals surface area contributed by atoms with Crippen LogP contribution >= 0.6 is 0 Å². The quantitative estimate of drug-likeness (QED) is 0.105. The van der Waals surface area contributed by atoms with E-state index >= 15 is 0 Å². The maximum atomic E-state index is 11.9. The molecule has 0 aliphatic carbocycles. The van der Waals surface area contributed by atoms with E-state index in [1.807, 2.05) is 36.4 Å². The fourth-order valence-corrected chi connectivity index (χ4v) is 4.12. The Morgan fingerprint density at radius 1 is 0.639 bits per heavy atom. The van der Waals surface area contributed by atoms with E-state index in [1.54, 1.807) is 0 Å². The van der Waals surface area contributed by atoms with Gasteiger partial charge >= 0.3 is 0 Å². The van der Waals surface area contributed by atoms with Crippen molar-refractivity contribution >= 4 is 24.5 Å². The van der Waals surface area contributed by atoms with Gasteiger partial charge in [-0.25, -0.2) is 0 Å². The van der Waals surface area contributed by atoms with E-state index in [0.717, 1.165) is 48.0 Å². The third-order valence-electron chi connectivity index (χ3n) is 6.41. The molecule has 0 aromatic heterocycles. The second-order valence-corrected chi connectivity index (χ2v) is 9.48. The number of ether oxygens (including phenoxy) is 2. The van der Waals surface area contributed by atoms with Gasteiger partial charge in [0.2, 0.25) is 0 Å². The standard InChI is InChI=1S/C33H46O3/c1-4-7-9-11-13-15-23-35-32-26-31(27-34)33(36-24-16-14-12-10-8-5-2)25-30(32)22-21-29-19-17-28(6-3)18-20-29/h6,17-22,25-27H,3-5,7-16,23-24H2,1-2H3. The molecule has 0 aliphatic rings. The van der Waals surface area contributed by atoms with E-state index in [-0.39, 0.29) is 0 Å². The minimum Gasteiger partial charge on any atom is -0.493 e. The average molecular weight is 491 g/mol. The van der Waals surface area contributed by atoms with Crippen molar-refractivity contribution in [3.63, 3.8) is 0 Å². The van der Waals surface area contributed by atoms with Gasteiger partial charge in [0.15, 0.2) is 6.29 Å². The summed E-state index contributed by atoms with van der Waals surface area (Å²) in [7, 11) is 0. The first-order valence-corrected chi connectivity index (χ1v) is 14.0. The molecule has 0 bridgehead atoms. The lowest BCUT2D eigenvalue weighted by Crippen LogP contribution is -2.04. The van der Waals surface area contributed by atoms with Gasteiger partial charge in [0, 0.05) is 5.56 Å². The molecule has 0 unspecified atom stereocenters. The molecule has 0 aliphatic heterocycles. The first-order valence-electron chi connectivity index (χ1n) is 14.0. The fraction of sp³-hybridized carbons (Fsp3) is 0.485. The number of hydrogen-bond donors (Lipinski definition) is 0. The summed E-state index contributed by atoms with van der Waals surface area (Å²) in [4.78, 5) is 11.9. The largest absolute Gasteiger partial charge is 0.493 e. The van der Waals surface area contributed by atoms with Gasteiger partial charge in [0.25, 0.3) is 0 Å². The third kappa shape index (κ3) is 11.3. The lowest BCUT2D eigenvalue weighted by molar-refractivity contribution is 0.111. The molecule has 0 fully saturated rings. The van der Waals surface area contributed by atoms with Crippen LogP contribution in [0.5, 0.6) is 11.5 Å². The molecule has 3 heteroatoms. The summed E-state index contributed by atoms with van der Waals surface area (Å²) in [5, 5.41) is 0. The number of carbonyl (C=O) groups excluding carboxylic acids is 1. The maximum absolute atomic E-state index is 11.9. The Bertz CT molecular complexity index is 911. The van der Waals surface area contributed by atoms with Crippen LogP contribution in [0.2, 0.25) is 0 Å². The van der Waals surface area contributed by atoms with Crippen molar-refractivity contribution in [1.82, 2.24) is 0 Å². The maximum Gasteiger partial charge on any atom is 0.153 e. The van der Waals surface area contributed by atoms with E-state index in [2.05, 4.69) is 38.6 Å². The average Bonchev–Trinajstić information content (AvgIpc) is 2.91. The van der Waals surface area contributed by atoms with E-state index in [0.29, 0.717) is 24.5 Å². The van der Waals surface area contributed by atoms with Crippen molar-refractivity contribution in [3.8, 4) is 11.5 Å². The molecule has 2 aromatic carbocycles. The molecule has 0 saturated carbocycles. The molecule has 2 aromatic rings. The third-order valence-corrected chi connectivity index (χ3v) is 6.41. The van der Waals surface area contributed by atoms with E-state index in [4.69, 9.17) is 9.47 Å². The highest BCUT2D eigenvalue weighted by molar-refractivity contribution is 5.83. The van der Waals surface area contributed by atoms with Crippen LogP contribution in [-0.2, 0) is 0 Å². The van der Waals surface area contributed by atoms with Gasteiger partial charge in [-0.3, -0.25) is 4.79 Å². The number of carbonyl (C=O) groups is 1. The zero-order chi connectivity index (χ0) is 25.8. The van der Waals surface area contributed by atoms with Crippen LogP contribution in [0.3, 0.4) is 0 Å². The molecule has 36 heavy (non-hydrogen) atoms. The molecule has 0 spiro atoms. The van der Waals surface area contributed by atoms with E-state index in [9.17, 15) is 4.79 Å². The Morgan fingerprint density at radius 3 is 1.64 bits per heavy atom. The number of rotatable bonds is 20. The van der Waals surface area contributed by atoms with Gasteiger partial charge in [-0.15, -0.1) is 0 Å². The number of benzene rings is 2. The Kier molecular flexibility index (Phi) is 15.1. The first kappa shape index (κ1) is 29.4. The van der Waals surface area contributed by atoms with Gasteiger partial charge in [-0.1, -0.05) is 127 Å². The van der Waals surface area contributed by atoms with Crippen LogP contribution < -0.4 is 9.47 Å². The molecule has 0 atom stereocenters. The number of unbranched alkanes of at least 4 members (excludes halogenated alkanes) is 10. The lowest BCUT2D eigenvalue weighted by atomic mass is 10.1. The Balaban J connectivity index is 2.09. The highest BCUT2D eigenvalue weighted by atomic mass is 16.5. The zero-order valence-electron chi connectivity index (χ0n) is 22.6. The highest BCUT2D eigenvalue weighted by Crippen LogP contribution is 2.30. The van der Waals surface area contributed by atoms with Crippen molar-refractivity contribution < 1.29 is 14.3 Å². The van der Waals surface area contributed by atoms with Crippen molar-refractivity contribution in [2.75, 3.05) is 13.2 Å². The van der Waals surface area contributed by atoms with Crippen LogP contribution in [0.4, 0.5) is 0 Å². The number of aldehydes is 1. The van der Waals surface area contributed by atoms with E-state index < -0.39 is 0 Å². The minimum atomic E-state index is 0.548. The van der Waals surface area contributed by atoms with Crippen LogP contribution in [-0.4, -0.2) is 19.5 Å². The van der Waals surface area contributed by atoms with Crippen LogP contribution in [0.25, 0.3) is 18.2 Å². The van der Waals surface area contributed by atoms with Gasteiger partial charge < -0.3 is 9.47 Å². The molecule has 0 amide bonds. The second-order valence-electron chi connectivity index (χ2n) is 9.48. The summed E-state index contributed by atoms with van der Waals surface area (Å²) >= 11 is 0. The SMILES string of the molecule is C=Cc1ccc(C=Cc2cc(OCCCCCCCC)c(C=O)cc2OCCCCCCCC)cc1. The summed E-state index contributed by atoms with van der Waals surface area (Å²) in [6.45, 7) is 9.56. The van der Waals surface area contributed by atoms with Crippen LogP contribution in [0.15, 0.2) is 43.0 Å². The molecule has 3 nitrogen and oxygen atoms in total. The predicted molar refractivity (Wildman–Crippen MR) is 155 cm³/mol. The Hall–Kier alpha value is -2.81. The summed E-state index contributed by atoms with van der Waals surface area (Å²) in [6, 6.07) is 12.0. The van der Waals surface area contributed by atoms with E-state index in [1.165, 1.54) is 57.8 Å². The van der Waals surface area contributed by atoms with Crippen LogP contribution in [0, 0.1) is 0 Å². The second kappa shape index (κ2) is 18.5. The van der Waals surface area contributed by atoms with Crippen molar-refractivity contribution in [2.24, 2.45) is 0 Å². The van der Waals surface area contributed by atoms with Gasteiger partial charge in [-0.05, 0) is 36.1 Å². The number of hydrogen-bond acceptors (Lipinski definition) is 3. The van der Waals surface area contributed by atoms with Crippen molar-refractivity contribution in [2.45, 2.75) is 90.9 Å². The monoisotopic (exact) mass is 490 g/mol. The fourth-order valence-electron chi connectivity index (χ4n) is 4.12. The zero-order valence-corrected chi connectivity index (χ0v) is 22.6. The van der Waals surface area contributed by atoms with Gasteiger partial charge in [-0.2, -0.15) is 0 Å². The molecule has 2 rings (SSSR count). The molecule has 0 saturated heterocycles. The van der Waals surface area contributed by atoms with Gasteiger partial charge in [0.05, 0.1) is 18.8 Å². The molecular formula is C33H46O3. The normalized spacial score (nSPS) is 11.1. The smallest absolute Gasteiger partial charge is 0.153 e. The molecule has 0 heterocycles. The summed E-state index contributed by atoms with van der Waals surface area (Å²) in [6.07, 6.45) is 21.3. The Labute approximate surface area is 219 Å². The lowest BCUT2D eigenvalue weighted by Gasteiger charge is -2.14. The first-order chi connectivity index (χ1) is 17.7. The van der Waals surface area contributed by atoms with Crippen molar-refractivity contribution in [3.05, 3.63) is 65.2 Å². The summed E-state index contributed by atoms with van der Waals surface area (Å²) in [5.74, 6) is 1.36. The summed E-state index contributed by atoms with van der Waals surface area (Å²) < 4.78 is 12.2. The Morgan fingerprint density at radius 2 is 1.11 bits per heavy atom. The van der Waals surface area contributed by atoms with Crippen molar-refractivity contribution in [1.29, 1.82) is 0 Å². The molecular weight excluding hydrogens is 444 g/mol. The van der Waals surface area contributed by atoms with Crippen LogP contribution in [0.1, 0.15) is 118 Å². The minimum absolute atomic E-state index is 0.548. The summed E-state index contributed by atoms with van der Waals surface area (Å²) in [5.41, 5.74) is 3.66.